The molecule has 7 nitrogen and oxygen atoms in total. The molecule has 0 spiro atoms. The summed E-state index contributed by atoms with van der Waals surface area (Å²) in [6.07, 6.45) is -3.69. The lowest BCUT2D eigenvalue weighted by Crippen LogP contribution is -2.43. The van der Waals surface area contributed by atoms with Gasteiger partial charge in [-0.2, -0.15) is 13.2 Å². The first-order valence-electron chi connectivity index (χ1n) is 7.93. The number of hydrogen-bond donors (Lipinski definition) is 1. The Morgan fingerprint density at radius 3 is 2.50 bits per heavy atom. The summed E-state index contributed by atoms with van der Waals surface area (Å²) < 4.78 is 43.1. The molecule has 2 aromatic rings. The molecule has 10 heteroatoms. The van der Waals surface area contributed by atoms with Crippen molar-refractivity contribution in [2.45, 2.75) is 12.6 Å². The number of anilines is 3. The van der Waals surface area contributed by atoms with Crippen LogP contribution in [-0.4, -0.2) is 43.4 Å². The van der Waals surface area contributed by atoms with E-state index in [1.165, 1.54) is 17.1 Å². The molecule has 0 saturated carbocycles. The summed E-state index contributed by atoms with van der Waals surface area (Å²) in [6, 6.07) is 5.85. The van der Waals surface area contributed by atoms with Gasteiger partial charge in [0.25, 0.3) is 0 Å². The molecule has 0 radical (unpaired) electrons. The van der Waals surface area contributed by atoms with Gasteiger partial charge in [-0.1, -0.05) is 5.16 Å². The van der Waals surface area contributed by atoms with Crippen molar-refractivity contribution in [1.29, 1.82) is 0 Å². The van der Waals surface area contributed by atoms with Gasteiger partial charge in [0.2, 0.25) is 5.88 Å². The fourth-order valence-corrected chi connectivity index (χ4v) is 2.62. The van der Waals surface area contributed by atoms with E-state index in [1.54, 1.807) is 30.1 Å². The first kappa shape index (κ1) is 17.9. The zero-order valence-corrected chi connectivity index (χ0v) is 14.2. The molecule has 140 valence electrons. The number of carbonyl (C=O) groups is 1. The lowest BCUT2D eigenvalue weighted by molar-refractivity contribution is -0.137. The van der Waals surface area contributed by atoms with Crippen LogP contribution < -0.4 is 15.2 Å². The third kappa shape index (κ3) is 3.68. The summed E-state index contributed by atoms with van der Waals surface area (Å²) in [5.74, 6) is 0.749. The predicted octanol–water partition coefficient (Wildman–Crippen LogP) is 3.42. The Bertz CT molecular complexity index is 773. The van der Waals surface area contributed by atoms with Gasteiger partial charge in [-0.05, 0) is 30.7 Å². The van der Waals surface area contributed by atoms with Crippen molar-refractivity contribution in [3.05, 3.63) is 35.9 Å². The Morgan fingerprint density at radius 1 is 1.23 bits per heavy atom. The van der Waals surface area contributed by atoms with Gasteiger partial charge in [-0.3, -0.25) is 10.3 Å². The Morgan fingerprint density at radius 2 is 1.92 bits per heavy atom. The summed E-state index contributed by atoms with van der Waals surface area (Å²) in [7, 11) is 3.58. The number of nitrogens with zero attached hydrogens (tertiary/aromatic N) is 4. The summed E-state index contributed by atoms with van der Waals surface area (Å²) >= 11 is 0. The number of hydrogen-bond acceptors (Lipinski definition) is 5. The molecular formula is C16H18F3N5O2. The number of benzene rings is 1. The highest BCUT2D eigenvalue weighted by atomic mass is 19.4. The van der Waals surface area contributed by atoms with E-state index < -0.39 is 17.8 Å². The lowest BCUT2D eigenvalue weighted by Gasteiger charge is -2.29. The van der Waals surface area contributed by atoms with Gasteiger partial charge in [-0.15, -0.1) is 0 Å². The Balaban J connectivity index is 1.71. The molecule has 0 aliphatic carbocycles. The van der Waals surface area contributed by atoms with Crippen LogP contribution in [0.3, 0.4) is 0 Å². The van der Waals surface area contributed by atoms with Crippen molar-refractivity contribution in [1.82, 2.24) is 10.2 Å². The minimum atomic E-state index is -4.39. The number of amides is 2. The maximum atomic E-state index is 12.7. The molecule has 0 unspecified atom stereocenters. The molecule has 2 amide bonds. The van der Waals surface area contributed by atoms with E-state index in [9.17, 15) is 18.0 Å². The van der Waals surface area contributed by atoms with Crippen LogP contribution >= 0.6 is 0 Å². The summed E-state index contributed by atoms with van der Waals surface area (Å²) in [5, 5.41) is 9.48. The van der Waals surface area contributed by atoms with Crippen molar-refractivity contribution in [3.63, 3.8) is 0 Å². The van der Waals surface area contributed by atoms with Crippen molar-refractivity contribution in [3.8, 4) is 0 Å². The normalized spacial score (nSPS) is 14.7. The van der Waals surface area contributed by atoms with E-state index in [4.69, 9.17) is 4.52 Å². The fourth-order valence-electron chi connectivity index (χ4n) is 2.62. The minimum absolute atomic E-state index is 0.193. The third-order valence-electron chi connectivity index (χ3n) is 3.94. The largest absolute Gasteiger partial charge is 0.416 e. The van der Waals surface area contributed by atoms with Crippen LogP contribution in [0.25, 0.3) is 0 Å². The average Bonchev–Trinajstić information content (AvgIpc) is 3.23. The molecular weight excluding hydrogens is 351 g/mol. The lowest BCUT2D eigenvalue weighted by atomic mass is 10.2. The number of urea groups is 1. The van der Waals surface area contributed by atoms with Crippen LogP contribution in [0, 0.1) is 0 Å². The zero-order chi connectivity index (χ0) is 18.9. The summed E-state index contributed by atoms with van der Waals surface area (Å²) in [4.78, 5) is 14.2. The maximum Gasteiger partial charge on any atom is 0.416 e. The van der Waals surface area contributed by atoms with Crippen LogP contribution in [-0.2, 0) is 6.18 Å². The van der Waals surface area contributed by atoms with Gasteiger partial charge >= 0.3 is 12.2 Å². The maximum absolute atomic E-state index is 12.7. The van der Waals surface area contributed by atoms with E-state index >= 15 is 0 Å². The third-order valence-corrected chi connectivity index (χ3v) is 3.94. The van der Waals surface area contributed by atoms with Gasteiger partial charge in [-0.25, -0.2) is 9.80 Å². The van der Waals surface area contributed by atoms with Crippen LogP contribution in [0.2, 0.25) is 0 Å². The highest BCUT2D eigenvalue weighted by Crippen LogP contribution is 2.31. The second-order valence-electron chi connectivity index (χ2n) is 6.02. The molecule has 1 fully saturated rings. The molecule has 1 aromatic carbocycles. The first-order valence-corrected chi connectivity index (χ1v) is 7.93. The molecule has 2 heterocycles. The van der Waals surface area contributed by atoms with Crippen molar-refractivity contribution >= 4 is 23.4 Å². The van der Waals surface area contributed by atoms with Crippen molar-refractivity contribution < 1.29 is 22.5 Å². The number of aromatic nitrogens is 1. The Kier molecular flexibility index (Phi) is 4.66. The van der Waals surface area contributed by atoms with Crippen LogP contribution in [0.5, 0.6) is 0 Å². The van der Waals surface area contributed by atoms with Crippen LogP contribution in [0.4, 0.5) is 35.4 Å². The van der Waals surface area contributed by atoms with Gasteiger partial charge in [0.15, 0.2) is 5.82 Å². The van der Waals surface area contributed by atoms with E-state index in [-0.39, 0.29) is 5.88 Å². The Hall–Kier alpha value is -2.91. The number of halogens is 3. The molecule has 1 N–H and O–H groups in total. The van der Waals surface area contributed by atoms with E-state index in [0.717, 1.165) is 12.1 Å². The van der Waals surface area contributed by atoms with Gasteiger partial charge in [0, 0.05) is 33.3 Å². The molecule has 1 aromatic heterocycles. The molecule has 3 rings (SSSR count). The molecule has 1 aliphatic heterocycles. The second-order valence-corrected chi connectivity index (χ2v) is 6.02. The van der Waals surface area contributed by atoms with E-state index in [1.807, 2.05) is 0 Å². The number of alkyl halides is 3. The van der Waals surface area contributed by atoms with Crippen LogP contribution in [0.1, 0.15) is 12.0 Å². The summed E-state index contributed by atoms with van der Waals surface area (Å²) in [5.41, 5.74) is -0.216. The first-order chi connectivity index (χ1) is 12.3. The van der Waals surface area contributed by atoms with Gasteiger partial charge < -0.3 is 9.42 Å². The standard InChI is InChI=1S/C16H18F3N5O2/c1-22(2)13-10-14(26-21-13)20-15(25)24-9-3-8-23(24)12-6-4-11(5-7-12)16(17,18)19/h4-7,10H,3,8-9H2,1-2H3,(H,20,25). The number of nitrogens with one attached hydrogen (secondary N) is 1. The fraction of sp³-hybridized carbons (Fsp3) is 0.375. The highest BCUT2D eigenvalue weighted by molar-refractivity contribution is 5.89. The van der Waals surface area contributed by atoms with E-state index in [0.29, 0.717) is 31.0 Å². The van der Waals surface area contributed by atoms with Crippen molar-refractivity contribution in [2.75, 3.05) is 42.4 Å². The number of hydrazine groups is 1. The molecule has 1 saturated heterocycles. The number of rotatable bonds is 3. The monoisotopic (exact) mass is 369 g/mol. The quantitative estimate of drug-likeness (QED) is 0.898. The van der Waals surface area contributed by atoms with Gasteiger partial charge in [0.1, 0.15) is 0 Å². The summed E-state index contributed by atoms with van der Waals surface area (Å²) in [6.45, 7) is 0.972. The van der Waals surface area contributed by atoms with Gasteiger partial charge in [0.05, 0.1) is 11.3 Å². The molecule has 26 heavy (non-hydrogen) atoms. The smallest absolute Gasteiger partial charge is 0.360 e. The minimum Gasteiger partial charge on any atom is -0.360 e. The average molecular weight is 369 g/mol. The molecule has 1 aliphatic rings. The second kappa shape index (κ2) is 6.77. The Labute approximate surface area is 147 Å². The topological polar surface area (TPSA) is 64.9 Å². The highest BCUT2D eigenvalue weighted by Gasteiger charge is 2.32. The predicted molar refractivity (Wildman–Crippen MR) is 90.0 cm³/mol. The number of carbonyl (C=O) groups excluding carboxylic acids is 1. The van der Waals surface area contributed by atoms with Crippen molar-refractivity contribution in [2.24, 2.45) is 0 Å². The SMILES string of the molecule is CN(C)c1cc(NC(=O)N2CCCN2c2ccc(C(F)(F)F)cc2)on1. The van der Waals surface area contributed by atoms with Crippen LogP contribution in [0.15, 0.2) is 34.9 Å². The molecule has 0 atom stereocenters. The zero-order valence-electron chi connectivity index (χ0n) is 14.2. The van der Waals surface area contributed by atoms with E-state index in [2.05, 4.69) is 10.5 Å². The molecule has 0 bridgehead atoms.